The minimum absolute atomic E-state index is 0.0279. The van der Waals surface area contributed by atoms with Gasteiger partial charge >= 0.3 is 0 Å². The Balaban J connectivity index is 1.59. The van der Waals surface area contributed by atoms with Crippen LogP contribution < -0.4 is 10.6 Å². The second-order valence-corrected chi connectivity index (χ2v) is 11.6. The summed E-state index contributed by atoms with van der Waals surface area (Å²) in [5, 5.41) is 6.26. The summed E-state index contributed by atoms with van der Waals surface area (Å²) in [5.74, 6) is 1.03. The van der Waals surface area contributed by atoms with E-state index in [9.17, 15) is 9.59 Å². The molecule has 0 unspecified atom stereocenters. The molecule has 1 fully saturated rings. The van der Waals surface area contributed by atoms with Crippen LogP contribution in [0.2, 0.25) is 0 Å². The van der Waals surface area contributed by atoms with Crippen molar-refractivity contribution in [2.45, 2.75) is 104 Å². The number of rotatable bonds is 10. The van der Waals surface area contributed by atoms with Gasteiger partial charge in [0, 0.05) is 24.2 Å². The molecule has 5 nitrogen and oxygen atoms in total. The van der Waals surface area contributed by atoms with Gasteiger partial charge in [-0.05, 0) is 58.8 Å². The third-order valence-corrected chi connectivity index (χ3v) is 7.38. The van der Waals surface area contributed by atoms with Crippen molar-refractivity contribution in [3.63, 3.8) is 0 Å². The van der Waals surface area contributed by atoms with E-state index in [1.165, 1.54) is 0 Å². The van der Waals surface area contributed by atoms with Crippen molar-refractivity contribution in [2.24, 2.45) is 0 Å². The minimum atomic E-state index is -0.0475. The zero-order valence-electron chi connectivity index (χ0n) is 24.0. The molecule has 2 N–H and O–H groups in total. The summed E-state index contributed by atoms with van der Waals surface area (Å²) < 4.78 is 6.22. The summed E-state index contributed by atoms with van der Waals surface area (Å²) in [7, 11) is 0. The van der Waals surface area contributed by atoms with Gasteiger partial charge in [0.25, 0.3) is 11.8 Å². The predicted molar refractivity (Wildman–Crippen MR) is 152 cm³/mol. The summed E-state index contributed by atoms with van der Waals surface area (Å²) in [5.41, 5.74) is 5.94. The number of nitrogens with one attached hydrogen (secondary N) is 2. The number of amides is 2. The van der Waals surface area contributed by atoms with E-state index >= 15 is 0 Å². The predicted octanol–water partition coefficient (Wildman–Crippen LogP) is 6.89. The van der Waals surface area contributed by atoms with E-state index in [4.69, 9.17) is 4.74 Å². The Morgan fingerprint density at radius 1 is 0.649 bits per heavy atom. The quantitative estimate of drug-likeness (QED) is 0.369. The Bertz CT molecular complexity index is 949. The lowest BCUT2D eigenvalue weighted by atomic mass is 9.88. The highest BCUT2D eigenvalue weighted by atomic mass is 16.5. The average Bonchev–Trinajstić information content (AvgIpc) is 3.32. The molecule has 0 spiro atoms. The molecule has 0 aromatic heterocycles. The third kappa shape index (κ3) is 7.01. The molecule has 1 heterocycles. The number of carbonyl (C=O) groups is 2. The van der Waals surface area contributed by atoms with Crippen LogP contribution in [-0.4, -0.2) is 37.1 Å². The molecule has 2 aromatic rings. The van der Waals surface area contributed by atoms with Gasteiger partial charge in [-0.2, -0.15) is 0 Å². The van der Waals surface area contributed by atoms with Crippen LogP contribution in [0.3, 0.4) is 0 Å². The maximum Gasteiger partial charge on any atom is 0.251 e. The first-order chi connectivity index (χ1) is 17.5. The Labute approximate surface area is 223 Å². The molecular weight excluding hydrogens is 460 g/mol. The Morgan fingerprint density at radius 3 is 1.22 bits per heavy atom. The molecule has 5 heteroatoms. The second kappa shape index (κ2) is 12.7. The summed E-state index contributed by atoms with van der Waals surface area (Å²) in [4.78, 5) is 26.5. The molecule has 0 radical (unpaired) electrons. The van der Waals surface area contributed by atoms with E-state index in [1.807, 2.05) is 12.1 Å². The monoisotopic (exact) mass is 506 g/mol. The first-order valence-electron chi connectivity index (χ1n) is 14.0. The van der Waals surface area contributed by atoms with Gasteiger partial charge in [-0.25, -0.2) is 0 Å². The first-order valence-corrected chi connectivity index (χ1v) is 14.0. The fraction of sp³-hybridized carbons (Fsp3) is 0.562. The molecule has 2 aromatic carbocycles. The van der Waals surface area contributed by atoms with Gasteiger partial charge in [-0.3, -0.25) is 9.59 Å². The number of ether oxygens (including phenoxy) is 1. The van der Waals surface area contributed by atoms with Crippen molar-refractivity contribution in [2.75, 3.05) is 13.1 Å². The Hall–Kier alpha value is -2.66. The van der Waals surface area contributed by atoms with Crippen molar-refractivity contribution in [1.29, 1.82) is 0 Å². The van der Waals surface area contributed by atoms with E-state index in [1.54, 1.807) is 0 Å². The van der Waals surface area contributed by atoms with Gasteiger partial charge in [-0.1, -0.05) is 91.8 Å². The molecule has 1 saturated heterocycles. The lowest BCUT2D eigenvalue weighted by Crippen LogP contribution is -2.36. The smallest absolute Gasteiger partial charge is 0.251 e. The van der Waals surface area contributed by atoms with Crippen molar-refractivity contribution >= 4 is 11.8 Å². The van der Waals surface area contributed by atoms with E-state index in [2.05, 4.69) is 90.3 Å². The van der Waals surface area contributed by atoms with Crippen molar-refractivity contribution in [3.8, 4) is 0 Å². The maximum atomic E-state index is 13.3. The Morgan fingerprint density at radius 2 is 0.946 bits per heavy atom. The fourth-order valence-electron chi connectivity index (χ4n) is 5.30. The fourth-order valence-corrected chi connectivity index (χ4v) is 5.30. The average molecular weight is 507 g/mol. The van der Waals surface area contributed by atoms with Crippen LogP contribution in [-0.2, 0) is 4.74 Å². The van der Waals surface area contributed by atoms with Crippen LogP contribution in [0.4, 0.5) is 0 Å². The van der Waals surface area contributed by atoms with Gasteiger partial charge in [0.15, 0.2) is 0 Å². The SMILES string of the molecule is CC(C)c1cccc(C(C)C)c1C(=O)NC[C@H]1CC[C@@H](CNC(=O)c2c(C(C)C)cccc2C(C)C)O1. The minimum Gasteiger partial charge on any atom is -0.371 e. The van der Waals surface area contributed by atoms with Gasteiger partial charge < -0.3 is 15.4 Å². The maximum absolute atomic E-state index is 13.3. The zero-order valence-corrected chi connectivity index (χ0v) is 24.0. The lowest BCUT2D eigenvalue weighted by molar-refractivity contribution is 0.0432. The molecule has 37 heavy (non-hydrogen) atoms. The molecule has 2 amide bonds. The molecule has 3 rings (SSSR count). The van der Waals surface area contributed by atoms with Gasteiger partial charge in [0.1, 0.15) is 0 Å². The third-order valence-electron chi connectivity index (χ3n) is 7.38. The van der Waals surface area contributed by atoms with Gasteiger partial charge in [0.05, 0.1) is 12.2 Å². The molecule has 1 aliphatic heterocycles. The number of carbonyl (C=O) groups excluding carboxylic acids is 2. The van der Waals surface area contributed by atoms with E-state index in [-0.39, 0.29) is 47.7 Å². The molecule has 0 saturated carbocycles. The second-order valence-electron chi connectivity index (χ2n) is 11.6. The molecular formula is C32H46N2O3. The standard InChI is InChI=1S/C32H46N2O3/c1-19(2)25-11-9-12-26(20(3)4)29(25)31(35)33-17-23-15-16-24(37-23)18-34-32(36)30-27(21(5)6)13-10-14-28(30)22(7)8/h9-14,19-24H,15-18H2,1-8H3,(H,33,35)(H,34,36)/t23-,24+. The van der Waals surface area contributed by atoms with Crippen molar-refractivity contribution in [1.82, 2.24) is 10.6 Å². The molecule has 0 aliphatic carbocycles. The largest absolute Gasteiger partial charge is 0.371 e. The summed E-state index contributed by atoms with van der Waals surface area (Å²) in [6, 6.07) is 12.3. The number of hydrogen-bond acceptors (Lipinski definition) is 3. The number of hydrogen-bond donors (Lipinski definition) is 2. The van der Waals surface area contributed by atoms with Crippen LogP contribution in [0.1, 0.15) is 135 Å². The van der Waals surface area contributed by atoms with E-state index in [0.29, 0.717) is 13.1 Å². The van der Waals surface area contributed by atoms with Crippen LogP contribution in [0.5, 0.6) is 0 Å². The first kappa shape index (κ1) is 28.9. The zero-order chi connectivity index (χ0) is 27.3. The van der Waals surface area contributed by atoms with Crippen molar-refractivity contribution < 1.29 is 14.3 Å². The van der Waals surface area contributed by atoms with Gasteiger partial charge in [0.2, 0.25) is 0 Å². The Kier molecular flexibility index (Phi) is 9.94. The summed E-state index contributed by atoms with van der Waals surface area (Å²) in [6.45, 7) is 17.9. The molecule has 0 bridgehead atoms. The molecule has 202 valence electrons. The molecule has 2 atom stereocenters. The van der Waals surface area contributed by atoms with E-state index < -0.39 is 0 Å². The summed E-state index contributed by atoms with van der Waals surface area (Å²) >= 11 is 0. The van der Waals surface area contributed by atoms with E-state index in [0.717, 1.165) is 46.2 Å². The van der Waals surface area contributed by atoms with Gasteiger partial charge in [-0.15, -0.1) is 0 Å². The normalized spacial score (nSPS) is 17.7. The highest BCUT2D eigenvalue weighted by Crippen LogP contribution is 2.29. The lowest BCUT2D eigenvalue weighted by Gasteiger charge is -2.21. The van der Waals surface area contributed by atoms with Crippen LogP contribution in [0.15, 0.2) is 36.4 Å². The molecule has 1 aliphatic rings. The summed E-state index contributed by atoms with van der Waals surface area (Å²) in [6.07, 6.45) is 1.63. The van der Waals surface area contributed by atoms with Crippen molar-refractivity contribution in [3.05, 3.63) is 69.8 Å². The number of benzene rings is 2. The highest BCUT2D eigenvalue weighted by Gasteiger charge is 2.28. The highest BCUT2D eigenvalue weighted by molar-refractivity contribution is 5.98. The topological polar surface area (TPSA) is 67.4 Å². The van der Waals surface area contributed by atoms with Crippen LogP contribution in [0.25, 0.3) is 0 Å². The van der Waals surface area contributed by atoms with Crippen LogP contribution in [0, 0.1) is 0 Å². The van der Waals surface area contributed by atoms with Crippen LogP contribution >= 0.6 is 0 Å².